The Labute approximate surface area is 223 Å². The molecule has 2 heterocycles. The third-order valence-electron chi connectivity index (χ3n) is 6.17. The first-order valence-electron chi connectivity index (χ1n) is 12.0. The molecule has 2 aliphatic heterocycles. The Kier molecular flexibility index (Phi) is 8.41. The molecule has 1 saturated heterocycles. The average Bonchev–Trinajstić information content (AvgIpc) is 3.12. The normalized spacial score (nSPS) is 17.4. The molecule has 0 bridgehead atoms. The second-order valence-electron chi connectivity index (χ2n) is 8.70. The van der Waals surface area contributed by atoms with E-state index in [2.05, 4.69) is 22.0 Å². The highest BCUT2D eigenvalue weighted by molar-refractivity contribution is 9.10. The molecule has 9 heteroatoms. The number of imide groups is 1. The van der Waals surface area contributed by atoms with Crippen LogP contribution in [0.2, 0.25) is 0 Å². The van der Waals surface area contributed by atoms with Gasteiger partial charge in [-0.2, -0.15) is 0 Å². The Hall–Kier alpha value is -2.78. The first-order valence-corrected chi connectivity index (χ1v) is 13.6. The van der Waals surface area contributed by atoms with Gasteiger partial charge in [0.1, 0.15) is 6.54 Å². The summed E-state index contributed by atoms with van der Waals surface area (Å²) in [6, 6.07) is 11.6. The fourth-order valence-corrected chi connectivity index (χ4v) is 5.46. The standard InChI is InChI=1S/C27H29BrN2O5S/c1-4-17(3)35-25-21(28)12-18(13-22(25)34-5-2)14-23-26(32)30(27(33)36-23)16-24(31)29-11-10-19-8-6-7-9-20(19)15-29/h6-9,12-14,17H,4-5,10-11,15-16H2,1-3H3/b23-14-/t17-/m0/s1. The summed E-state index contributed by atoms with van der Waals surface area (Å²) in [6.07, 6.45) is 3.26. The van der Waals surface area contributed by atoms with Gasteiger partial charge < -0.3 is 14.4 Å². The zero-order valence-electron chi connectivity index (χ0n) is 20.6. The van der Waals surface area contributed by atoms with Gasteiger partial charge in [0.2, 0.25) is 5.91 Å². The van der Waals surface area contributed by atoms with Gasteiger partial charge in [-0.25, -0.2) is 0 Å². The molecule has 36 heavy (non-hydrogen) atoms. The van der Waals surface area contributed by atoms with Crippen LogP contribution in [0.5, 0.6) is 11.5 Å². The van der Waals surface area contributed by atoms with Crippen LogP contribution in [0.1, 0.15) is 43.9 Å². The minimum absolute atomic E-state index is 0.00813. The molecule has 0 saturated carbocycles. The Morgan fingerprint density at radius 2 is 1.94 bits per heavy atom. The van der Waals surface area contributed by atoms with Crippen LogP contribution in [-0.4, -0.2) is 52.7 Å². The van der Waals surface area contributed by atoms with Crippen molar-refractivity contribution in [3.63, 3.8) is 0 Å². The van der Waals surface area contributed by atoms with E-state index in [0.717, 1.165) is 35.1 Å². The number of carbonyl (C=O) groups is 3. The summed E-state index contributed by atoms with van der Waals surface area (Å²) < 4.78 is 12.5. The van der Waals surface area contributed by atoms with Crippen molar-refractivity contribution in [1.29, 1.82) is 0 Å². The molecular formula is C27H29BrN2O5S. The predicted octanol–water partition coefficient (Wildman–Crippen LogP) is 5.65. The van der Waals surface area contributed by atoms with E-state index >= 15 is 0 Å². The zero-order chi connectivity index (χ0) is 25.8. The number of carbonyl (C=O) groups excluding carboxylic acids is 3. The number of rotatable bonds is 8. The minimum atomic E-state index is -0.468. The number of hydrogen-bond acceptors (Lipinski definition) is 6. The molecule has 1 atom stereocenters. The molecule has 1 fully saturated rings. The van der Waals surface area contributed by atoms with Crippen molar-refractivity contribution in [2.75, 3.05) is 19.7 Å². The summed E-state index contributed by atoms with van der Waals surface area (Å²) in [5, 5.41) is -0.446. The van der Waals surface area contributed by atoms with E-state index in [-0.39, 0.29) is 23.5 Å². The van der Waals surface area contributed by atoms with Crippen LogP contribution >= 0.6 is 27.7 Å². The lowest BCUT2D eigenvalue weighted by molar-refractivity contribution is -0.136. The number of amides is 3. The van der Waals surface area contributed by atoms with E-state index in [1.807, 2.05) is 45.0 Å². The molecule has 3 amide bonds. The van der Waals surface area contributed by atoms with Gasteiger partial charge >= 0.3 is 0 Å². The molecular weight excluding hydrogens is 544 g/mol. The van der Waals surface area contributed by atoms with Crippen LogP contribution < -0.4 is 9.47 Å². The fourth-order valence-electron chi connectivity index (χ4n) is 4.06. The molecule has 0 spiro atoms. The molecule has 4 rings (SSSR count). The van der Waals surface area contributed by atoms with E-state index in [1.54, 1.807) is 17.0 Å². The summed E-state index contributed by atoms with van der Waals surface area (Å²) >= 11 is 4.39. The van der Waals surface area contributed by atoms with Crippen LogP contribution in [0.15, 0.2) is 45.8 Å². The second kappa shape index (κ2) is 11.5. The molecule has 2 aromatic rings. The van der Waals surface area contributed by atoms with Crippen molar-refractivity contribution in [3.8, 4) is 11.5 Å². The minimum Gasteiger partial charge on any atom is -0.490 e. The van der Waals surface area contributed by atoms with Gasteiger partial charge in [0.05, 0.1) is 22.1 Å². The van der Waals surface area contributed by atoms with E-state index < -0.39 is 11.1 Å². The first kappa shape index (κ1) is 26.3. The Bertz CT molecular complexity index is 1210. The monoisotopic (exact) mass is 572 g/mol. The number of ether oxygens (including phenoxy) is 2. The maximum Gasteiger partial charge on any atom is 0.294 e. The van der Waals surface area contributed by atoms with Crippen LogP contribution in [0.25, 0.3) is 6.08 Å². The molecule has 0 aliphatic carbocycles. The third kappa shape index (κ3) is 5.78. The molecule has 0 radical (unpaired) electrons. The van der Waals surface area contributed by atoms with Gasteiger partial charge in [0.15, 0.2) is 11.5 Å². The summed E-state index contributed by atoms with van der Waals surface area (Å²) in [5.74, 6) is 0.453. The molecule has 0 unspecified atom stereocenters. The van der Waals surface area contributed by atoms with Crippen LogP contribution in [0, 0.1) is 0 Å². The molecule has 0 aromatic heterocycles. The SMILES string of the molecule is CCOc1cc(/C=C2\SC(=O)N(CC(=O)N3CCc4ccccc4C3)C2=O)cc(Br)c1O[C@@H](C)CC. The van der Waals surface area contributed by atoms with E-state index in [4.69, 9.17) is 9.47 Å². The highest BCUT2D eigenvalue weighted by Gasteiger charge is 2.37. The summed E-state index contributed by atoms with van der Waals surface area (Å²) in [4.78, 5) is 41.7. The number of benzene rings is 2. The van der Waals surface area contributed by atoms with Gasteiger partial charge in [0, 0.05) is 13.1 Å². The Morgan fingerprint density at radius 3 is 2.67 bits per heavy atom. The first-order chi connectivity index (χ1) is 17.3. The molecule has 190 valence electrons. The van der Waals surface area contributed by atoms with E-state index in [1.165, 1.54) is 5.56 Å². The van der Waals surface area contributed by atoms with Crippen molar-refractivity contribution in [2.24, 2.45) is 0 Å². The van der Waals surface area contributed by atoms with E-state index in [9.17, 15) is 14.4 Å². The number of hydrogen-bond donors (Lipinski definition) is 0. The molecule has 2 aliphatic rings. The van der Waals surface area contributed by atoms with Gasteiger partial charge in [-0.1, -0.05) is 31.2 Å². The maximum atomic E-state index is 13.1. The average molecular weight is 574 g/mol. The lowest BCUT2D eigenvalue weighted by Gasteiger charge is -2.29. The number of fused-ring (bicyclic) bond motifs is 1. The summed E-state index contributed by atoms with van der Waals surface area (Å²) in [5.41, 5.74) is 3.02. The molecule has 7 nitrogen and oxygen atoms in total. The Morgan fingerprint density at radius 1 is 1.19 bits per heavy atom. The molecule has 0 N–H and O–H groups in total. The summed E-state index contributed by atoms with van der Waals surface area (Å²) in [7, 11) is 0. The van der Waals surface area contributed by atoms with Crippen LogP contribution in [0.3, 0.4) is 0 Å². The van der Waals surface area contributed by atoms with E-state index in [0.29, 0.717) is 41.2 Å². The topological polar surface area (TPSA) is 76.2 Å². The maximum absolute atomic E-state index is 13.1. The smallest absolute Gasteiger partial charge is 0.294 e. The highest BCUT2D eigenvalue weighted by Crippen LogP contribution is 2.40. The van der Waals surface area contributed by atoms with Crippen molar-refractivity contribution in [1.82, 2.24) is 9.80 Å². The zero-order valence-corrected chi connectivity index (χ0v) is 23.0. The van der Waals surface area contributed by atoms with Crippen molar-refractivity contribution in [3.05, 3.63) is 62.5 Å². The quantitative estimate of drug-likeness (QED) is 0.381. The van der Waals surface area contributed by atoms with Crippen molar-refractivity contribution < 1.29 is 23.9 Å². The third-order valence-corrected chi connectivity index (χ3v) is 7.67. The predicted molar refractivity (Wildman–Crippen MR) is 144 cm³/mol. The lowest BCUT2D eigenvalue weighted by atomic mass is 10.00. The van der Waals surface area contributed by atoms with Gasteiger partial charge in [-0.3, -0.25) is 19.3 Å². The highest BCUT2D eigenvalue weighted by atomic mass is 79.9. The van der Waals surface area contributed by atoms with Gasteiger partial charge in [-0.15, -0.1) is 0 Å². The number of halogens is 1. The molecule has 2 aromatic carbocycles. The van der Waals surface area contributed by atoms with Crippen LogP contribution in [-0.2, 0) is 22.6 Å². The Balaban J connectivity index is 1.49. The second-order valence-corrected chi connectivity index (χ2v) is 10.5. The largest absolute Gasteiger partial charge is 0.490 e. The number of nitrogens with zero attached hydrogens (tertiary/aromatic N) is 2. The van der Waals surface area contributed by atoms with Gasteiger partial charge in [0.25, 0.3) is 11.1 Å². The van der Waals surface area contributed by atoms with Gasteiger partial charge in [-0.05, 0) is 89.3 Å². The van der Waals surface area contributed by atoms with Crippen molar-refractivity contribution >= 4 is 50.8 Å². The fraction of sp³-hybridized carbons (Fsp3) is 0.370. The number of thioether (sulfide) groups is 1. The summed E-state index contributed by atoms with van der Waals surface area (Å²) in [6.45, 7) is 7.15. The lowest BCUT2D eigenvalue weighted by Crippen LogP contribution is -2.44. The van der Waals surface area contributed by atoms with Crippen LogP contribution in [0.4, 0.5) is 4.79 Å². The van der Waals surface area contributed by atoms with Crippen molar-refractivity contribution in [2.45, 2.75) is 46.3 Å².